The van der Waals surface area contributed by atoms with Crippen molar-refractivity contribution in [1.29, 1.82) is 0 Å². The zero-order valence-electron chi connectivity index (χ0n) is 9.23. The van der Waals surface area contributed by atoms with E-state index < -0.39 is 0 Å². The van der Waals surface area contributed by atoms with Gasteiger partial charge in [-0.15, -0.1) is 11.6 Å². The van der Waals surface area contributed by atoms with E-state index in [4.69, 9.17) is 4.74 Å². The largest absolute Gasteiger partial charge is 2.00 e. The first kappa shape index (κ1) is 16.7. The van der Waals surface area contributed by atoms with Gasteiger partial charge in [0.25, 0.3) is 0 Å². The molecule has 0 heterocycles. The van der Waals surface area contributed by atoms with Crippen LogP contribution >= 0.6 is 0 Å². The smallest absolute Gasteiger partial charge is 1.00 e. The zero-order valence-corrected chi connectivity index (χ0v) is 12.2. The van der Waals surface area contributed by atoms with Gasteiger partial charge in [0.05, 0.1) is 5.60 Å². The van der Waals surface area contributed by atoms with Crippen LogP contribution in [0.3, 0.4) is 0 Å². The van der Waals surface area contributed by atoms with E-state index >= 15 is 0 Å². The first-order chi connectivity index (χ1) is 5.49. The van der Waals surface area contributed by atoms with Crippen LogP contribution in [-0.2, 0) is 0 Å². The van der Waals surface area contributed by atoms with Gasteiger partial charge in [-0.25, -0.2) is 0 Å². The molecule has 0 N–H and O–H groups in total. The quantitative estimate of drug-likeness (QED) is 0.497. The van der Waals surface area contributed by atoms with Crippen LogP contribution in [-0.4, -0.2) is 28.7 Å². The van der Waals surface area contributed by atoms with Crippen LogP contribution in [0.25, 0.3) is 0 Å². The van der Waals surface area contributed by atoms with Crippen molar-refractivity contribution >= 4 is 23.1 Å². The average Bonchev–Trinajstić information content (AvgIpc) is 1.91. The Kier molecular flexibility index (Phi) is 7.98. The summed E-state index contributed by atoms with van der Waals surface area (Å²) in [5.74, 6) is 0.946. The molecular formula is C11H15BrMgO. The van der Waals surface area contributed by atoms with Crippen molar-refractivity contribution in [3.8, 4) is 5.75 Å². The first-order valence-corrected chi connectivity index (χ1v) is 4.15. The van der Waals surface area contributed by atoms with Gasteiger partial charge in [-0.3, -0.25) is 0 Å². The maximum Gasteiger partial charge on any atom is 2.00 e. The molecule has 3 heteroatoms. The molecule has 1 rings (SSSR count). The summed E-state index contributed by atoms with van der Waals surface area (Å²) >= 11 is 0. The Morgan fingerprint density at radius 2 is 1.86 bits per heavy atom. The van der Waals surface area contributed by atoms with Gasteiger partial charge < -0.3 is 21.7 Å². The van der Waals surface area contributed by atoms with E-state index in [9.17, 15) is 0 Å². The standard InChI is InChI=1S/C11H15O.BrH.Mg/c1-9-7-5-6-8-10(9)12-11(2,3)4;;/h6-8H,1-4H3;1H;/q-1;;+2/p-1. The molecule has 74 valence electrons. The normalized spacial score (nSPS) is 9.71. The van der Waals surface area contributed by atoms with E-state index in [1.165, 1.54) is 0 Å². The van der Waals surface area contributed by atoms with Gasteiger partial charge in [-0.1, -0.05) is 6.92 Å². The Labute approximate surface area is 113 Å². The molecule has 1 aromatic carbocycles. The molecule has 0 spiro atoms. The number of ether oxygens (including phenoxy) is 1. The van der Waals surface area contributed by atoms with Gasteiger partial charge in [-0.05, 0) is 20.8 Å². The summed E-state index contributed by atoms with van der Waals surface area (Å²) < 4.78 is 5.71. The monoisotopic (exact) mass is 266 g/mol. The predicted octanol–water partition coefficient (Wildman–Crippen LogP) is -0.404. The molecule has 0 bridgehead atoms. The fraction of sp³-hybridized carbons (Fsp3) is 0.455. The minimum absolute atomic E-state index is 0. The molecule has 0 saturated heterocycles. The van der Waals surface area contributed by atoms with E-state index in [2.05, 4.69) is 6.07 Å². The summed E-state index contributed by atoms with van der Waals surface area (Å²) in [5, 5.41) is 0. The van der Waals surface area contributed by atoms with E-state index in [1.807, 2.05) is 45.9 Å². The van der Waals surface area contributed by atoms with Gasteiger partial charge in [0.15, 0.2) is 0 Å². The van der Waals surface area contributed by atoms with Crippen molar-refractivity contribution in [3.05, 3.63) is 29.8 Å². The third kappa shape index (κ3) is 5.88. The molecule has 14 heavy (non-hydrogen) atoms. The zero-order chi connectivity index (χ0) is 9.19. The molecule has 0 aliphatic rings. The molecular weight excluding hydrogens is 252 g/mol. The van der Waals surface area contributed by atoms with Crippen molar-refractivity contribution in [3.63, 3.8) is 0 Å². The Morgan fingerprint density at radius 1 is 1.29 bits per heavy atom. The molecule has 0 amide bonds. The number of rotatable bonds is 1. The Morgan fingerprint density at radius 3 is 2.29 bits per heavy atom. The number of hydrogen-bond donors (Lipinski definition) is 0. The summed E-state index contributed by atoms with van der Waals surface area (Å²) in [6.07, 6.45) is 0. The number of aryl methyl sites for hydroxylation is 1. The fourth-order valence-electron chi connectivity index (χ4n) is 0.944. The first-order valence-electron chi connectivity index (χ1n) is 4.15. The van der Waals surface area contributed by atoms with Crippen molar-refractivity contribution in [1.82, 2.24) is 0 Å². The van der Waals surface area contributed by atoms with E-state index in [0.29, 0.717) is 0 Å². The number of halogens is 1. The van der Waals surface area contributed by atoms with Gasteiger partial charge >= 0.3 is 23.1 Å². The summed E-state index contributed by atoms with van der Waals surface area (Å²) in [6.45, 7) is 8.16. The third-order valence-electron chi connectivity index (χ3n) is 1.44. The second kappa shape index (κ2) is 6.70. The minimum Gasteiger partial charge on any atom is -1.00 e. The fourth-order valence-corrected chi connectivity index (χ4v) is 0.944. The Balaban J connectivity index is 0. The summed E-state index contributed by atoms with van der Waals surface area (Å²) in [5.41, 5.74) is 1.01. The second-order valence-electron chi connectivity index (χ2n) is 3.91. The molecule has 0 radical (unpaired) electrons. The van der Waals surface area contributed by atoms with E-state index in [0.717, 1.165) is 11.3 Å². The molecule has 0 saturated carbocycles. The maximum absolute atomic E-state index is 5.71. The van der Waals surface area contributed by atoms with Crippen LogP contribution in [0.15, 0.2) is 18.2 Å². The van der Waals surface area contributed by atoms with Crippen LogP contribution in [0.4, 0.5) is 0 Å². The van der Waals surface area contributed by atoms with Crippen LogP contribution in [0, 0.1) is 13.0 Å². The van der Waals surface area contributed by atoms with Crippen LogP contribution in [0.5, 0.6) is 5.75 Å². The van der Waals surface area contributed by atoms with Gasteiger partial charge in [0.1, 0.15) is 0 Å². The second-order valence-corrected chi connectivity index (χ2v) is 3.91. The van der Waals surface area contributed by atoms with Crippen molar-refractivity contribution in [2.75, 3.05) is 0 Å². The average molecular weight is 267 g/mol. The van der Waals surface area contributed by atoms with E-state index in [1.54, 1.807) is 0 Å². The molecule has 0 unspecified atom stereocenters. The van der Waals surface area contributed by atoms with Crippen LogP contribution < -0.4 is 21.7 Å². The van der Waals surface area contributed by atoms with Gasteiger partial charge in [-0.2, -0.15) is 18.2 Å². The summed E-state index contributed by atoms with van der Waals surface area (Å²) in [4.78, 5) is 0. The molecule has 0 aliphatic carbocycles. The van der Waals surface area contributed by atoms with Crippen LogP contribution in [0.2, 0.25) is 0 Å². The van der Waals surface area contributed by atoms with Crippen molar-refractivity contribution < 1.29 is 21.7 Å². The van der Waals surface area contributed by atoms with E-state index in [-0.39, 0.29) is 45.6 Å². The molecule has 1 nitrogen and oxygen atoms in total. The minimum atomic E-state index is -0.119. The van der Waals surface area contributed by atoms with Crippen molar-refractivity contribution in [2.45, 2.75) is 33.3 Å². The molecule has 0 fully saturated rings. The van der Waals surface area contributed by atoms with Gasteiger partial charge in [0.2, 0.25) is 0 Å². The Bertz CT molecular complexity index is 268. The predicted molar refractivity (Wildman–Crippen MR) is 56.2 cm³/mol. The maximum atomic E-state index is 5.71. The van der Waals surface area contributed by atoms with Gasteiger partial charge in [0, 0.05) is 5.75 Å². The third-order valence-corrected chi connectivity index (χ3v) is 1.44. The Hall–Kier alpha value is 0.266. The molecule has 0 aromatic heterocycles. The number of hydrogen-bond acceptors (Lipinski definition) is 1. The molecule has 1 aromatic rings. The summed E-state index contributed by atoms with van der Waals surface area (Å²) in [7, 11) is 0. The van der Waals surface area contributed by atoms with Crippen LogP contribution in [0.1, 0.15) is 26.3 Å². The molecule has 0 aliphatic heterocycles. The topological polar surface area (TPSA) is 9.23 Å². The van der Waals surface area contributed by atoms with Crippen molar-refractivity contribution in [2.24, 2.45) is 0 Å². The number of benzene rings is 1. The molecule has 0 atom stereocenters. The summed E-state index contributed by atoms with van der Waals surface area (Å²) in [6, 6.07) is 8.75. The SMILES string of the molecule is Cc1c[c-]ccc1OC(C)(C)C.[Br-].[Mg+2].